The maximum Gasteiger partial charge on any atom is 0.312 e. The van der Waals surface area contributed by atoms with Crippen LogP contribution < -0.4 is 5.32 Å². The van der Waals surface area contributed by atoms with Gasteiger partial charge >= 0.3 is 5.97 Å². The van der Waals surface area contributed by atoms with Crippen molar-refractivity contribution >= 4 is 35.1 Å². The zero-order valence-corrected chi connectivity index (χ0v) is 19.5. The molecular formula is C24H31Cl2NO4. The van der Waals surface area contributed by atoms with Crippen molar-refractivity contribution < 1.29 is 19.4 Å². The standard InChI is InChI=1S/C24H31Cl2NO4/c1-2-3-17(19-5-4-18(25)7-20(19)26)12-27-21(28)13-31-22(29)23-8-15-6-16(9-23)11-24(30,10-15)14-23/h4-5,7,15-17,30H,2-3,6,8-14H2,1H3,(H,27,28)/t15-,16-,17-,23?,24?/m1/s1. The molecule has 31 heavy (non-hydrogen) atoms. The third-order valence-corrected chi connectivity index (χ3v) is 7.95. The maximum atomic E-state index is 12.9. The quantitative estimate of drug-likeness (QED) is 0.534. The molecule has 4 saturated carbocycles. The third-order valence-electron chi connectivity index (χ3n) is 7.38. The van der Waals surface area contributed by atoms with E-state index in [4.69, 9.17) is 27.9 Å². The van der Waals surface area contributed by atoms with Crippen LogP contribution >= 0.6 is 23.2 Å². The molecular weight excluding hydrogens is 437 g/mol. The molecule has 4 aliphatic rings. The Labute approximate surface area is 193 Å². The van der Waals surface area contributed by atoms with Gasteiger partial charge in [0.05, 0.1) is 11.0 Å². The molecule has 5 nitrogen and oxygen atoms in total. The van der Waals surface area contributed by atoms with Gasteiger partial charge in [-0.15, -0.1) is 0 Å². The van der Waals surface area contributed by atoms with Gasteiger partial charge in [0.1, 0.15) is 0 Å². The Bertz CT molecular complexity index is 844. The van der Waals surface area contributed by atoms with Crippen LogP contribution in [0.1, 0.15) is 69.8 Å². The summed E-state index contributed by atoms with van der Waals surface area (Å²) in [5, 5.41) is 14.9. The van der Waals surface area contributed by atoms with E-state index in [-0.39, 0.29) is 24.4 Å². The summed E-state index contributed by atoms with van der Waals surface area (Å²) in [7, 11) is 0. The van der Waals surface area contributed by atoms with Gasteiger partial charge in [-0.05, 0) is 74.5 Å². The van der Waals surface area contributed by atoms with Gasteiger partial charge in [0.2, 0.25) is 0 Å². The number of hydrogen-bond donors (Lipinski definition) is 2. The molecule has 0 aromatic heterocycles. The van der Waals surface area contributed by atoms with Crippen LogP contribution in [0.3, 0.4) is 0 Å². The van der Waals surface area contributed by atoms with E-state index >= 15 is 0 Å². The average molecular weight is 468 g/mol. The fraction of sp³-hybridized carbons (Fsp3) is 0.667. The summed E-state index contributed by atoms with van der Waals surface area (Å²) >= 11 is 12.4. The minimum Gasteiger partial charge on any atom is -0.455 e. The second-order valence-corrected chi connectivity index (χ2v) is 10.8. The smallest absolute Gasteiger partial charge is 0.312 e. The van der Waals surface area contributed by atoms with Gasteiger partial charge < -0.3 is 15.2 Å². The molecule has 3 atom stereocenters. The number of nitrogens with one attached hydrogen (secondary N) is 1. The number of hydrogen-bond acceptors (Lipinski definition) is 4. The molecule has 0 spiro atoms. The molecule has 0 radical (unpaired) electrons. The molecule has 1 aromatic rings. The second-order valence-electron chi connectivity index (χ2n) is 10.00. The predicted molar refractivity (Wildman–Crippen MR) is 120 cm³/mol. The van der Waals surface area contributed by atoms with Crippen molar-refractivity contribution in [1.29, 1.82) is 0 Å². The minimum absolute atomic E-state index is 0.0619. The molecule has 5 rings (SSSR count). The Morgan fingerprint density at radius 1 is 1.23 bits per heavy atom. The molecule has 4 aliphatic carbocycles. The topological polar surface area (TPSA) is 75.6 Å². The van der Waals surface area contributed by atoms with Crippen molar-refractivity contribution in [3.8, 4) is 0 Å². The Balaban J connectivity index is 1.31. The summed E-state index contributed by atoms with van der Waals surface area (Å²) in [4.78, 5) is 25.4. The monoisotopic (exact) mass is 467 g/mol. The summed E-state index contributed by atoms with van der Waals surface area (Å²) in [6.07, 6.45) is 6.54. The number of ether oxygens (including phenoxy) is 1. The van der Waals surface area contributed by atoms with Crippen LogP contribution in [-0.4, -0.2) is 35.7 Å². The van der Waals surface area contributed by atoms with Gasteiger partial charge in [0.25, 0.3) is 5.91 Å². The highest BCUT2D eigenvalue weighted by Crippen LogP contribution is 2.61. The second kappa shape index (κ2) is 8.92. The lowest BCUT2D eigenvalue weighted by Gasteiger charge is -2.58. The summed E-state index contributed by atoms with van der Waals surface area (Å²) in [5.41, 5.74) is -0.385. The van der Waals surface area contributed by atoms with Gasteiger partial charge in [-0.1, -0.05) is 42.6 Å². The highest BCUT2D eigenvalue weighted by molar-refractivity contribution is 6.35. The Kier molecular flexibility index (Phi) is 6.58. The molecule has 1 aromatic carbocycles. The highest BCUT2D eigenvalue weighted by atomic mass is 35.5. The lowest BCUT2D eigenvalue weighted by atomic mass is 9.48. The van der Waals surface area contributed by atoms with Gasteiger partial charge in [0.15, 0.2) is 6.61 Å². The van der Waals surface area contributed by atoms with E-state index in [1.54, 1.807) is 12.1 Å². The fourth-order valence-corrected chi connectivity index (χ4v) is 7.14. The first-order chi connectivity index (χ1) is 14.7. The summed E-state index contributed by atoms with van der Waals surface area (Å²) < 4.78 is 5.47. The number of halogens is 2. The number of benzene rings is 1. The van der Waals surface area contributed by atoms with Crippen LogP contribution in [0, 0.1) is 17.3 Å². The average Bonchev–Trinajstić information content (AvgIpc) is 2.67. The number of esters is 1. The van der Waals surface area contributed by atoms with Crippen LogP contribution in [0.5, 0.6) is 0 Å². The summed E-state index contributed by atoms with van der Waals surface area (Å²) in [6, 6.07) is 5.41. The van der Waals surface area contributed by atoms with Gasteiger partial charge in [0, 0.05) is 22.5 Å². The van der Waals surface area contributed by atoms with E-state index in [2.05, 4.69) is 12.2 Å². The molecule has 0 saturated heterocycles. The molecule has 4 bridgehead atoms. The number of rotatable bonds is 8. The van der Waals surface area contributed by atoms with E-state index in [9.17, 15) is 14.7 Å². The molecule has 0 heterocycles. The fourth-order valence-electron chi connectivity index (χ4n) is 6.57. The third kappa shape index (κ3) is 4.89. The molecule has 4 fully saturated rings. The lowest BCUT2D eigenvalue weighted by Crippen LogP contribution is -2.58. The van der Waals surface area contributed by atoms with Crippen LogP contribution in [-0.2, 0) is 14.3 Å². The summed E-state index contributed by atoms with van der Waals surface area (Å²) in [5.74, 6) is 0.217. The van der Waals surface area contributed by atoms with E-state index in [1.165, 1.54) is 0 Å². The molecule has 2 N–H and O–H groups in total. The molecule has 170 valence electrons. The first-order valence-corrected chi connectivity index (χ1v) is 12.1. The van der Waals surface area contributed by atoms with E-state index in [1.807, 2.05) is 6.07 Å². The number of amides is 1. The Morgan fingerprint density at radius 2 is 1.94 bits per heavy atom. The van der Waals surface area contributed by atoms with Crippen LogP contribution in [0.2, 0.25) is 10.0 Å². The van der Waals surface area contributed by atoms with Crippen molar-refractivity contribution in [3.63, 3.8) is 0 Å². The van der Waals surface area contributed by atoms with Crippen LogP contribution in [0.25, 0.3) is 0 Å². The van der Waals surface area contributed by atoms with E-state index < -0.39 is 11.0 Å². The molecule has 1 amide bonds. The lowest BCUT2D eigenvalue weighted by molar-refractivity contribution is -0.196. The molecule has 0 unspecified atom stereocenters. The van der Waals surface area contributed by atoms with Crippen LogP contribution in [0.4, 0.5) is 0 Å². The Morgan fingerprint density at radius 3 is 2.55 bits per heavy atom. The number of aliphatic hydroxyl groups is 1. The predicted octanol–water partition coefficient (Wildman–Crippen LogP) is 4.87. The van der Waals surface area contributed by atoms with Crippen molar-refractivity contribution in [1.82, 2.24) is 5.32 Å². The zero-order chi connectivity index (χ0) is 22.2. The SMILES string of the molecule is CCC[C@H](CNC(=O)COC(=O)C12C[C@H]3C[C@@H](CC(O)(C3)C1)C2)c1ccc(Cl)cc1Cl. The van der Waals surface area contributed by atoms with E-state index in [0.29, 0.717) is 34.8 Å². The first kappa shape index (κ1) is 22.9. The largest absolute Gasteiger partial charge is 0.455 e. The highest BCUT2D eigenvalue weighted by Gasteiger charge is 2.60. The van der Waals surface area contributed by atoms with E-state index in [0.717, 1.165) is 50.5 Å². The van der Waals surface area contributed by atoms with Crippen LogP contribution in [0.15, 0.2) is 18.2 Å². The first-order valence-electron chi connectivity index (χ1n) is 11.3. The summed E-state index contributed by atoms with van der Waals surface area (Å²) in [6.45, 7) is 2.21. The van der Waals surface area contributed by atoms with Gasteiger partial charge in [-0.2, -0.15) is 0 Å². The van der Waals surface area contributed by atoms with Gasteiger partial charge in [-0.25, -0.2) is 0 Å². The maximum absolute atomic E-state index is 12.9. The minimum atomic E-state index is -0.726. The molecule has 7 heteroatoms. The zero-order valence-electron chi connectivity index (χ0n) is 18.0. The molecule has 0 aliphatic heterocycles. The number of carbonyl (C=O) groups is 2. The number of carbonyl (C=O) groups excluding carboxylic acids is 2. The normalized spacial score (nSPS) is 32.0. The van der Waals surface area contributed by atoms with Crippen molar-refractivity contribution in [2.24, 2.45) is 17.3 Å². The van der Waals surface area contributed by atoms with Gasteiger partial charge in [-0.3, -0.25) is 9.59 Å². The van der Waals surface area contributed by atoms with Crippen molar-refractivity contribution in [2.45, 2.75) is 69.8 Å². The van der Waals surface area contributed by atoms with Crippen molar-refractivity contribution in [3.05, 3.63) is 33.8 Å². The van der Waals surface area contributed by atoms with Crippen molar-refractivity contribution in [2.75, 3.05) is 13.2 Å². The Hall–Kier alpha value is -1.30.